The third-order valence-electron chi connectivity index (χ3n) is 5.17. The Hall–Kier alpha value is -1.62. The summed E-state index contributed by atoms with van der Waals surface area (Å²) in [5, 5.41) is 10.6. The van der Waals surface area contributed by atoms with E-state index in [1.165, 1.54) is 6.42 Å². The van der Waals surface area contributed by atoms with Crippen LogP contribution in [0.5, 0.6) is 5.75 Å². The van der Waals surface area contributed by atoms with Crippen molar-refractivity contribution in [2.45, 2.75) is 63.0 Å². The zero-order valence-electron chi connectivity index (χ0n) is 13.8. The maximum Gasteiger partial charge on any atom is 0.226 e. The van der Waals surface area contributed by atoms with Crippen LogP contribution < -0.4 is 4.74 Å². The van der Waals surface area contributed by atoms with Crippen molar-refractivity contribution in [2.75, 3.05) is 13.7 Å². The van der Waals surface area contributed by atoms with Crippen LogP contribution in [0.2, 0.25) is 0 Å². The van der Waals surface area contributed by atoms with Gasteiger partial charge in [-0.3, -0.25) is 9.78 Å². The maximum absolute atomic E-state index is 12.7. The molecule has 2 fully saturated rings. The summed E-state index contributed by atoms with van der Waals surface area (Å²) >= 11 is 0. The Bertz CT molecular complexity index is 538. The molecule has 1 aromatic rings. The van der Waals surface area contributed by atoms with Gasteiger partial charge in [0.15, 0.2) is 0 Å². The van der Waals surface area contributed by atoms with Crippen molar-refractivity contribution in [1.82, 2.24) is 9.88 Å². The van der Waals surface area contributed by atoms with Crippen LogP contribution in [0.3, 0.4) is 0 Å². The second-order valence-electron chi connectivity index (χ2n) is 6.83. The SMILES string of the molecule is COc1ccc(C2CCCN2C(=O)CC2(O)CCCCC2)nc1. The summed E-state index contributed by atoms with van der Waals surface area (Å²) in [6, 6.07) is 3.85. The minimum absolute atomic E-state index is 0.0283. The van der Waals surface area contributed by atoms with E-state index in [2.05, 4.69) is 4.98 Å². The van der Waals surface area contributed by atoms with E-state index >= 15 is 0 Å². The quantitative estimate of drug-likeness (QED) is 0.927. The lowest BCUT2D eigenvalue weighted by atomic mass is 9.82. The number of hydrogen-bond acceptors (Lipinski definition) is 4. The van der Waals surface area contributed by atoms with Crippen LogP contribution in [0.25, 0.3) is 0 Å². The fourth-order valence-corrected chi connectivity index (χ4v) is 3.85. The van der Waals surface area contributed by atoms with Crippen LogP contribution >= 0.6 is 0 Å². The van der Waals surface area contributed by atoms with E-state index in [-0.39, 0.29) is 18.4 Å². The number of nitrogens with zero attached hydrogens (tertiary/aromatic N) is 2. The first-order chi connectivity index (χ1) is 11.1. The van der Waals surface area contributed by atoms with Crippen LogP contribution in [0.15, 0.2) is 18.3 Å². The highest BCUT2D eigenvalue weighted by atomic mass is 16.5. The predicted molar refractivity (Wildman–Crippen MR) is 87.1 cm³/mol. The summed E-state index contributed by atoms with van der Waals surface area (Å²) < 4.78 is 5.14. The third kappa shape index (κ3) is 3.66. The van der Waals surface area contributed by atoms with Crippen LogP contribution in [0.1, 0.15) is 63.1 Å². The molecule has 126 valence electrons. The highest BCUT2D eigenvalue weighted by Gasteiger charge is 2.37. The Morgan fingerprint density at radius 3 is 2.78 bits per heavy atom. The summed E-state index contributed by atoms with van der Waals surface area (Å²) in [4.78, 5) is 19.1. The highest BCUT2D eigenvalue weighted by Crippen LogP contribution is 2.36. The summed E-state index contributed by atoms with van der Waals surface area (Å²) in [5.41, 5.74) is 0.114. The number of hydrogen-bond donors (Lipinski definition) is 1. The van der Waals surface area contributed by atoms with Gasteiger partial charge in [-0.05, 0) is 37.8 Å². The molecule has 5 nitrogen and oxygen atoms in total. The Labute approximate surface area is 137 Å². The number of carbonyl (C=O) groups is 1. The average molecular weight is 318 g/mol. The van der Waals surface area contributed by atoms with E-state index in [0.717, 1.165) is 56.5 Å². The molecule has 1 aliphatic heterocycles. The molecule has 0 spiro atoms. The summed E-state index contributed by atoms with van der Waals surface area (Å²) in [5.74, 6) is 0.788. The number of ether oxygens (including phenoxy) is 1. The van der Waals surface area contributed by atoms with Gasteiger partial charge in [-0.2, -0.15) is 0 Å². The zero-order valence-corrected chi connectivity index (χ0v) is 13.8. The number of likely N-dealkylation sites (tertiary alicyclic amines) is 1. The molecule has 1 saturated heterocycles. The number of rotatable bonds is 4. The Balaban J connectivity index is 1.68. The molecule has 2 aliphatic rings. The first-order valence-electron chi connectivity index (χ1n) is 8.63. The predicted octanol–water partition coefficient (Wildman–Crippen LogP) is 2.84. The van der Waals surface area contributed by atoms with Crippen LogP contribution in [-0.4, -0.2) is 40.2 Å². The molecule has 23 heavy (non-hydrogen) atoms. The zero-order chi connectivity index (χ0) is 16.3. The van der Waals surface area contributed by atoms with Crippen molar-refractivity contribution < 1.29 is 14.6 Å². The molecule has 1 atom stereocenters. The number of carbonyl (C=O) groups excluding carboxylic acids is 1. The van der Waals surface area contributed by atoms with Crippen molar-refractivity contribution in [1.29, 1.82) is 0 Å². The van der Waals surface area contributed by atoms with Crippen LogP contribution in [0.4, 0.5) is 0 Å². The first kappa shape index (κ1) is 16.2. The summed E-state index contributed by atoms with van der Waals surface area (Å²) in [6.07, 6.45) is 8.58. The second kappa shape index (κ2) is 6.87. The molecule has 5 heteroatoms. The lowest BCUT2D eigenvalue weighted by Gasteiger charge is -2.34. The van der Waals surface area contributed by atoms with Gasteiger partial charge in [0.05, 0.1) is 37.1 Å². The van der Waals surface area contributed by atoms with Gasteiger partial charge in [-0.1, -0.05) is 19.3 Å². The Morgan fingerprint density at radius 2 is 2.13 bits per heavy atom. The first-order valence-corrected chi connectivity index (χ1v) is 8.63. The molecule has 1 unspecified atom stereocenters. The van der Waals surface area contributed by atoms with Gasteiger partial charge in [0, 0.05) is 6.54 Å². The van der Waals surface area contributed by atoms with E-state index in [0.29, 0.717) is 0 Å². The minimum Gasteiger partial charge on any atom is -0.495 e. The summed E-state index contributed by atoms with van der Waals surface area (Å²) in [6.45, 7) is 0.757. The van der Waals surface area contributed by atoms with Crippen LogP contribution in [-0.2, 0) is 4.79 Å². The topological polar surface area (TPSA) is 62.7 Å². The number of methoxy groups -OCH3 is 1. The molecule has 1 amide bonds. The molecule has 0 aromatic carbocycles. The summed E-state index contributed by atoms with van der Waals surface area (Å²) in [7, 11) is 1.62. The normalized spacial score (nSPS) is 23.7. The lowest BCUT2D eigenvalue weighted by molar-refractivity contribution is -0.138. The molecule has 1 aromatic heterocycles. The molecule has 1 aliphatic carbocycles. The van der Waals surface area contributed by atoms with Crippen LogP contribution in [0, 0.1) is 0 Å². The number of aliphatic hydroxyl groups is 1. The van der Waals surface area contributed by atoms with E-state index < -0.39 is 5.60 Å². The Kier molecular flexibility index (Phi) is 4.85. The smallest absolute Gasteiger partial charge is 0.226 e. The van der Waals surface area contributed by atoms with E-state index in [1.54, 1.807) is 13.3 Å². The van der Waals surface area contributed by atoms with Crippen molar-refractivity contribution in [3.8, 4) is 5.75 Å². The minimum atomic E-state index is -0.796. The molecule has 0 radical (unpaired) electrons. The molecule has 1 saturated carbocycles. The lowest BCUT2D eigenvalue weighted by Crippen LogP contribution is -2.40. The number of pyridine rings is 1. The monoisotopic (exact) mass is 318 g/mol. The van der Waals surface area contributed by atoms with E-state index in [9.17, 15) is 9.90 Å². The maximum atomic E-state index is 12.7. The Morgan fingerprint density at radius 1 is 1.35 bits per heavy atom. The van der Waals surface area contributed by atoms with Crippen molar-refractivity contribution in [3.05, 3.63) is 24.0 Å². The molecule has 2 heterocycles. The van der Waals surface area contributed by atoms with E-state index in [4.69, 9.17) is 4.74 Å². The van der Waals surface area contributed by atoms with Crippen molar-refractivity contribution >= 4 is 5.91 Å². The van der Waals surface area contributed by atoms with E-state index in [1.807, 2.05) is 17.0 Å². The second-order valence-corrected chi connectivity index (χ2v) is 6.83. The third-order valence-corrected chi connectivity index (χ3v) is 5.17. The average Bonchev–Trinajstić information content (AvgIpc) is 3.05. The standard InChI is InChI=1S/C18H26N2O3/c1-23-14-7-8-15(19-13-14)16-6-5-11-20(16)17(21)12-18(22)9-3-2-4-10-18/h7-8,13,16,22H,2-6,9-12H2,1H3. The highest BCUT2D eigenvalue weighted by molar-refractivity contribution is 5.78. The fraction of sp³-hybridized carbons (Fsp3) is 0.667. The van der Waals surface area contributed by atoms with Gasteiger partial charge in [-0.15, -0.1) is 0 Å². The molecule has 3 rings (SSSR count). The van der Waals surface area contributed by atoms with Crippen molar-refractivity contribution in [3.63, 3.8) is 0 Å². The molecule has 0 bridgehead atoms. The van der Waals surface area contributed by atoms with Gasteiger partial charge in [0.2, 0.25) is 5.91 Å². The van der Waals surface area contributed by atoms with Gasteiger partial charge in [0.25, 0.3) is 0 Å². The van der Waals surface area contributed by atoms with Gasteiger partial charge in [-0.25, -0.2) is 0 Å². The largest absolute Gasteiger partial charge is 0.495 e. The molecular formula is C18H26N2O3. The number of aromatic nitrogens is 1. The molecule has 1 N–H and O–H groups in total. The fourth-order valence-electron chi connectivity index (χ4n) is 3.85. The van der Waals surface area contributed by atoms with Gasteiger partial charge >= 0.3 is 0 Å². The van der Waals surface area contributed by atoms with Gasteiger partial charge < -0.3 is 14.7 Å². The van der Waals surface area contributed by atoms with Gasteiger partial charge in [0.1, 0.15) is 5.75 Å². The molecular weight excluding hydrogens is 292 g/mol. The number of amides is 1. The van der Waals surface area contributed by atoms with Crippen molar-refractivity contribution in [2.24, 2.45) is 0 Å².